The minimum Gasteiger partial charge on any atom is -0.366 e. The van der Waals surface area contributed by atoms with E-state index in [4.69, 9.17) is 11.6 Å². The van der Waals surface area contributed by atoms with E-state index < -0.39 is 0 Å². The van der Waals surface area contributed by atoms with E-state index in [0.29, 0.717) is 12.5 Å². The Labute approximate surface area is 164 Å². The van der Waals surface area contributed by atoms with E-state index in [1.54, 1.807) is 6.20 Å². The number of nitrogens with one attached hydrogen (secondary N) is 2. The van der Waals surface area contributed by atoms with Crippen molar-refractivity contribution in [3.8, 4) is 11.4 Å². The zero-order chi connectivity index (χ0) is 19.1. The summed E-state index contributed by atoms with van der Waals surface area (Å²) >= 11 is 6.25. The van der Waals surface area contributed by atoms with Crippen LogP contribution in [0.25, 0.3) is 11.4 Å². The summed E-state index contributed by atoms with van der Waals surface area (Å²) in [5, 5.41) is 7.35. The molecular weight excluding hydrogens is 360 g/mol. The lowest BCUT2D eigenvalue weighted by molar-refractivity contribution is 0.425. The van der Waals surface area contributed by atoms with Gasteiger partial charge in [-0.2, -0.15) is 4.98 Å². The quantitative estimate of drug-likeness (QED) is 0.618. The molecule has 27 heavy (non-hydrogen) atoms. The van der Waals surface area contributed by atoms with Crippen molar-refractivity contribution in [3.05, 3.63) is 65.3 Å². The van der Waals surface area contributed by atoms with Crippen molar-refractivity contribution >= 4 is 23.4 Å². The lowest BCUT2D eigenvalue weighted by Gasteiger charge is -2.13. The first-order valence-electron chi connectivity index (χ1n) is 8.78. The predicted molar refractivity (Wildman–Crippen MR) is 111 cm³/mol. The van der Waals surface area contributed by atoms with Crippen molar-refractivity contribution in [2.45, 2.75) is 6.54 Å². The molecule has 2 N–H and O–H groups in total. The Morgan fingerprint density at radius 2 is 1.78 bits per heavy atom. The summed E-state index contributed by atoms with van der Waals surface area (Å²) in [5.41, 5.74) is 2.58. The second-order valence-corrected chi connectivity index (χ2v) is 6.76. The fraction of sp³-hybridized carbons (Fsp3) is 0.250. The average Bonchev–Trinajstić information content (AvgIpc) is 2.68. The van der Waals surface area contributed by atoms with E-state index in [1.165, 1.54) is 0 Å². The van der Waals surface area contributed by atoms with Gasteiger partial charge in [0.15, 0.2) is 0 Å². The van der Waals surface area contributed by atoms with E-state index in [9.17, 15) is 0 Å². The van der Waals surface area contributed by atoms with Gasteiger partial charge in [0.1, 0.15) is 5.82 Å². The van der Waals surface area contributed by atoms with Gasteiger partial charge in [0, 0.05) is 36.9 Å². The average molecular weight is 383 g/mol. The molecule has 0 saturated heterocycles. The summed E-state index contributed by atoms with van der Waals surface area (Å²) in [4.78, 5) is 15.7. The molecule has 0 radical (unpaired) electrons. The summed E-state index contributed by atoms with van der Waals surface area (Å²) in [7, 11) is 4.06. The van der Waals surface area contributed by atoms with Crippen LogP contribution in [0.5, 0.6) is 0 Å². The van der Waals surface area contributed by atoms with Gasteiger partial charge in [0.2, 0.25) is 5.95 Å². The molecule has 3 aromatic rings. The van der Waals surface area contributed by atoms with E-state index in [1.807, 2.05) is 62.6 Å². The monoisotopic (exact) mass is 382 g/mol. The van der Waals surface area contributed by atoms with Crippen LogP contribution in [0.15, 0.2) is 54.7 Å². The highest BCUT2D eigenvalue weighted by atomic mass is 35.5. The molecular formula is C20H23ClN6. The molecule has 0 aliphatic heterocycles. The fourth-order valence-electron chi connectivity index (χ4n) is 2.48. The van der Waals surface area contributed by atoms with Crippen molar-refractivity contribution in [3.63, 3.8) is 0 Å². The van der Waals surface area contributed by atoms with Gasteiger partial charge < -0.3 is 15.5 Å². The van der Waals surface area contributed by atoms with Crippen molar-refractivity contribution in [2.24, 2.45) is 0 Å². The molecule has 7 heteroatoms. The summed E-state index contributed by atoms with van der Waals surface area (Å²) < 4.78 is 0. The molecule has 0 atom stereocenters. The van der Waals surface area contributed by atoms with Gasteiger partial charge in [0.25, 0.3) is 0 Å². The lowest BCUT2D eigenvalue weighted by atomic mass is 10.2. The van der Waals surface area contributed by atoms with Crippen LogP contribution in [0.2, 0.25) is 5.02 Å². The van der Waals surface area contributed by atoms with Crippen LogP contribution in [-0.4, -0.2) is 47.0 Å². The van der Waals surface area contributed by atoms with Gasteiger partial charge in [-0.3, -0.25) is 4.98 Å². The van der Waals surface area contributed by atoms with Crippen LogP contribution in [-0.2, 0) is 6.54 Å². The number of halogens is 1. The number of benzene rings is 1. The molecule has 0 aliphatic rings. The van der Waals surface area contributed by atoms with Gasteiger partial charge in [-0.1, -0.05) is 35.9 Å². The van der Waals surface area contributed by atoms with Crippen LogP contribution < -0.4 is 10.6 Å². The first-order chi connectivity index (χ1) is 13.1. The summed E-state index contributed by atoms with van der Waals surface area (Å²) in [6.45, 7) is 2.22. The largest absolute Gasteiger partial charge is 0.366 e. The minimum absolute atomic E-state index is 0.571. The number of anilines is 2. The summed E-state index contributed by atoms with van der Waals surface area (Å²) in [5.74, 6) is 1.29. The number of likely N-dealkylation sites (N-methyl/N-ethyl adjacent to an activating group) is 1. The Morgan fingerprint density at radius 1 is 0.963 bits per heavy atom. The maximum Gasteiger partial charge on any atom is 0.225 e. The molecule has 140 valence electrons. The third-order valence-electron chi connectivity index (χ3n) is 3.91. The molecule has 2 aromatic heterocycles. The number of nitrogens with zero attached hydrogens (tertiary/aromatic N) is 4. The van der Waals surface area contributed by atoms with Gasteiger partial charge in [-0.25, -0.2) is 4.98 Å². The maximum absolute atomic E-state index is 6.25. The SMILES string of the molecule is CN(C)CCNc1nc(NCc2ccccc2Cl)cc(-c2ccccn2)n1. The first-order valence-corrected chi connectivity index (χ1v) is 9.16. The van der Waals surface area contributed by atoms with Crippen LogP contribution in [0.4, 0.5) is 11.8 Å². The molecule has 0 saturated carbocycles. The minimum atomic E-state index is 0.571. The normalized spacial score (nSPS) is 10.8. The number of rotatable bonds is 8. The highest BCUT2D eigenvalue weighted by molar-refractivity contribution is 6.31. The Balaban J connectivity index is 1.81. The molecule has 0 amide bonds. The Bertz CT molecular complexity index is 869. The standard InChI is InChI=1S/C20H23ClN6/c1-27(2)12-11-23-20-25-18(17-9-5-6-10-22-17)13-19(26-20)24-14-15-7-3-4-8-16(15)21/h3-10,13H,11-12,14H2,1-2H3,(H2,23,24,25,26). The summed E-state index contributed by atoms with van der Waals surface area (Å²) in [6, 6.07) is 15.4. The molecule has 0 fully saturated rings. The number of pyridine rings is 1. The molecule has 2 heterocycles. The second kappa shape index (κ2) is 9.30. The van der Waals surface area contributed by atoms with E-state index >= 15 is 0 Å². The van der Waals surface area contributed by atoms with Gasteiger partial charge >= 0.3 is 0 Å². The highest BCUT2D eigenvalue weighted by Gasteiger charge is 2.08. The topological polar surface area (TPSA) is 66.0 Å². The Kier molecular flexibility index (Phi) is 6.57. The molecule has 6 nitrogen and oxygen atoms in total. The van der Waals surface area contributed by atoms with Crippen LogP contribution in [0, 0.1) is 0 Å². The predicted octanol–water partition coefficient (Wildman–Crippen LogP) is 3.78. The maximum atomic E-state index is 6.25. The number of hydrogen-bond acceptors (Lipinski definition) is 6. The fourth-order valence-corrected chi connectivity index (χ4v) is 2.68. The van der Waals surface area contributed by atoms with Gasteiger partial charge in [-0.15, -0.1) is 0 Å². The molecule has 0 unspecified atom stereocenters. The number of aromatic nitrogens is 3. The Hall–Kier alpha value is -2.70. The number of hydrogen-bond donors (Lipinski definition) is 2. The van der Waals surface area contributed by atoms with Crippen molar-refractivity contribution in [1.82, 2.24) is 19.9 Å². The third kappa shape index (κ3) is 5.64. The molecule has 3 rings (SSSR count). The van der Waals surface area contributed by atoms with Crippen molar-refractivity contribution < 1.29 is 0 Å². The molecule has 0 spiro atoms. The van der Waals surface area contributed by atoms with E-state index in [0.717, 1.165) is 40.9 Å². The zero-order valence-corrected chi connectivity index (χ0v) is 16.2. The summed E-state index contributed by atoms with van der Waals surface area (Å²) in [6.07, 6.45) is 1.76. The lowest BCUT2D eigenvalue weighted by Crippen LogP contribution is -2.21. The van der Waals surface area contributed by atoms with E-state index in [2.05, 4.69) is 30.5 Å². The van der Waals surface area contributed by atoms with Crippen molar-refractivity contribution in [2.75, 3.05) is 37.8 Å². The van der Waals surface area contributed by atoms with E-state index in [-0.39, 0.29) is 0 Å². The van der Waals surface area contributed by atoms with Crippen LogP contribution >= 0.6 is 11.6 Å². The molecule has 1 aromatic carbocycles. The van der Waals surface area contributed by atoms with Crippen LogP contribution in [0.1, 0.15) is 5.56 Å². The molecule has 0 bridgehead atoms. The highest BCUT2D eigenvalue weighted by Crippen LogP contribution is 2.21. The van der Waals surface area contributed by atoms with Gasteiger partial charge in [0.05, 0.1) is 11.4 Å². The third-order valence-corrected chi connectivity index (χ3v) is 4.28. The molecule has 0 aliphatic carbocycles. The second-order valence-electron chi connectivity index (χ2n) is 6.35. The van der Waals surface area contributed by atoms with Crippen LogP contribution in [0.3, 0.4) is 0 Å². The first kappa shape index (κ1) is 19.1. The van der Waals surface area contributed by atoms with Crippen molar-refractivity contribution in [1.29, 1.82) is 0 Å². The van der Waals surface area contributed by atoms with Gasteiger partial charge in [-0.05, 0) is 37.9 Å². The smallest absolute Gasteiger partial charge is 0.225 e. The zero-order valence-electron chi connectivity index (χ0n) is 15.5. The Morgan fingerprint density at radius 3 is 2.52 bits per heavy atom.